The van der Waals surface area contributed by atoms with Gasteiger partial charge in [0, 0.05) is 5.69 Å². The SMILES string of the molecule is C[C@H](C(=O)Nc1ccc(C#N)cc1)N(C)Cc1ccco1. The summed E-state index contributed by atoms with van der Waals surface area (Å²) >= 11 is 0. The smallest absolute Gasteiger partial charge is 0.241 e. The van der Waals surface area contributed by atoms with Crippen molar-refractivity contribution in [1.82, 2.24) is 4.90 Å². The molecule has 0 fully saturated rings. The highest BCUT2D eigenvalue weighted by Crippen LogP contribution is 2.12. The number of furan rings is 1. The molecule has 0 saturated heterocycles. The number of rotatable bonds is 5. The summed E-state index contributed by atoms with van der Waals surface area (Å²) in [5, 5.41) is 11.6. The van der Waals surface area contributed by atoms with Crippen LogP contribution in [-0.4, -0.2) is 23.9 Å². The molecule has 2 aromatic rings. The molecule has 2 rings (SSSR count). The monoisotopic (exact) mass is 283 g/mol. The number of hydrogen-bond donors (Lipinski definition) is 1. The van der Waals surface area contributed by atoms with E-state index >= 15 is 0 Å². The Bertz CT molecular complexity index is 627. The Balaban J connectivity index is 1.93. The summed E-state index contributed by atoms with van der Waals surface area (Å²) in [7, 11) is 1.87. The second kappa shape index (κ2) is 6.73. The molecule has 0 aliphatic rings. The second-order valence-corrected chi connectivity index (χ2v) is 4.85. The zero-order valence-electron chi connectivity index (χ0n) is 12.0. The van der Waals surface area contributed by atoms with Crippen LogP contribution in [0.4, 0.5) is 5.69 Å². The number of benzene rings is 1. The van der Waals surface area contributed by atoms with Crippen LogP contribution in [-0.2, 0) is 11.3 Å². The minimum Gasteiger partial charge on any atom is -0.468 e. The molecule has 5 heteroatoms. The maximum Gasteiger partial charge on any atom is 0.241 e. The summed E-state index contributed by atoms with van der Waals surface area (Å²) in [6.07, 6.45) is 1.62. The van der Waals surface area contributed by atoms with Crippen molar-refractivity contribution in [2.75, 3.05) is 12.4 Å². The van der Waals surface area contributed by atoms with Gasteiger partial charge in [0.25, 0.3) is 0 Å². The van der Waals surface area contributed by atoms with Gasteiger partial charge < -0.3 is 9.73 Å². The van der Waals surface area contributed by atoms with E-state index in [4.69, 9.17) is 9.68 Å². The molecule has 21 heavy (non-hydrogen) atoms. The average molecular weight is 283 g/mol. The number of carbonyl (C=O) groups excluding carboxylic acids is 1. The molecule has 1 N–H and O–H groups in total. The third-order valence-electron chi connectivity index (χ3n) is 3.31. The molecule has 0 aliphatic carbocycles. The molecule has 0 unspecified atom stereocenters. The molecule has 0 saturated carbocycles. The second-order valence-electron chi connectivity index (χ2n) is 4.85. The maximum atomic E-state index is 12.2. The molecule has 0 aliphatic heterocycles. The lowest BCUT2D eigenvalue weighted by molar-refractivity contribution is -0.120. The van der Waals surface area contributed by atoms with E-state index in [0.29, 0.717) is 17.8 Å². The molecular formula is C16H17N3O2. The molecule has 1 atom stereocenters. The summed E-state index contributed by atoms with van der Waals surface area (Å²) in [5.41, 5.74) is 1.24. The maximum absolute atomic E-state index is 12.2. The standard InChI is InChI=1S/C16H17N3O2/c1-12(19(2)11-15-4-3-9-21-15)16(20)18-14-7-5-13(10-17)6-8-14/h3-9,12H,11H2,1-2H3,(H,18,20)/t12-/m1/s1. The first-order valence-corrected chi connectivity index (χ1v) is 6.64. The minimum atomic E-state index is -0.300. The number of carbonyl (C=O) groups is 1. The summed E-state index contributed by atoms with van der Waals surface area (Å²) in [6, 6.07) is 12.2. The van der Waals surface area contributed by atoms with E-state index in [2.05, 4.69) is 5.32 Å². The Hall–Kier alpha value is -2.58. The Morgan fingerprint density at radius 1 is 1.38 bits per heavy atom. The number of nitrogens with one attached hydrogen (secondary N) is 1. The highest BCUT2D eigenvalue weighted by atomic mass is 16.3. The lowest BCUT2D eigenvalue weighted by atomic mass is 10.2. The average Bonchev–Trinajstić information content (AvgIpc) is 3.00. The predicted molar refractivity (Wildman–Crippen MR) is 79.4 cm³/mol. The fourth-order valence-electron chi connectivity index (χ4n) is 1.86. The molecule has 1 heterocycles. The van der Waals surface area contributed by atoms with E-state index in [-0.39, 0.29) is 11.9 Å². The van der Waals surface area contributed by atoms with Crippen molar-refractivity contribution in [2.45, 2.75) is 19.5 Å². The van der Waals surface area contributed by atoms with Gasteiger partial charge >= 0.3 is 0 Å². The van der Waals surface area contributed by atoms with Crippen LogP contribution in [0.15, 0.2) is 47.1 Å². The summed E-state index contributed by atoms with van der Waals surface area (Å²) in [4.78, 5) is 14.1. The molecule has 1 aromatic heterocycles. The van der Waals surface area contributed by atoms with E-state index in [1.54, 1.807) is 30.5 Å². The molecule has 108 valence electrons. The number of nitrogens with zero attached hydrogens (tertiary/aromatic N) is 2. The lowest BCUT2D eigenvalue weighted by Gasteiger charge is -2.22. The molecule has 0 bridgehead atoms. The zero-order valence-corrected chi connectivity index (χ0v) is 12.0. The van der Waals surface area contributed by atoms with Gasteiger partial charge in [-0.3, -0.25) is 9.69 Å². The first kappa shape index (κ1) is 14.8. The van der Waals surface area contributed by atoms with Gasteiger partial charge in [0.05, 0.1) is 30.5 Å². The molecule has 5 nitrogen and oxygen atoms in total. The molecule has 0 radical (unpaired) electrons. The first-order valence-electron chi connectivity index (χ1n) is 6.64. The van der Waals surface area contributed by atoms with E-state index in [9.17, 15) is 4.79 Å². The number of anilines is 1. The number of hydrogen-bond acceptors (Lipinski definition) is 4. The van der Waals surface area contributed by atoms with E-state index in [1.807, 2.05) is 37.1 Å². The number of amides is 1. The Morgan fingerprint density at radius 3 is 2.67 bits per heavy atom. The van der Waals surface area contributed by atoms with Gasteiger partial charge in [0.1, 0.15) is 5.76 Å². The van der Waals surface area contributed by atoms with Crippen LogP contribution in [0.5, 0.6) is 0 Å². The molecule has 0 spiro atoms. The van der Waals surface area contributed by atoms with Crippen molar-refractivity contribution in [3.05, 3.63) is 54.0 Å². The largest absolute Gasteiger partial charge is 0.468 e. The van der Waals surface area contributed by atoms with Crippen molar-refractivity contribution in [3.8, 4) is 6.07 Å². The van der Waals surface area contributed by atoms with E-state index < -0.39 is 0 Å². The van der Waals surface area contributed by atoms with Crippen molar-refractivity contribution < 1.29 is 9.21 Å². The van der Waals surface area contributed by atoms with Gasteiger partial charge in [-0.2, -0.15) is 5.26 Å². The van der Waals surface area contributed by atoms with Crippen molar-refractivity contribution in [2.24, 2.45) is 0 Å². The lowest BCUT2D eigenvalue weighted by Crippen LogP contribution is -2.39. The van der Waals surface area contributed by atoms with Crippen LogP contribution in [0, 0.1) is 11.3 Å². The molecular weight excluding hydrogens is 266 g/mol. The number of nitriles is 1. The topological polar surface area (TPSA) is 69.3 Å². The van der Waals surface area contributed by atoms with Crippen molar-refractivity contribution in [1.29, 1.82) is 5.26 Å². The van der Waals surface area contributed by atoms with Crippen LogP contribution in [0.1, 0.15) is 18.2 Å². The van der Waals surface area contributed by atoms with Crippen LogP contribution in [0.2, 0.25) is 0 Å². The van der Waals surface area contributed by atoms with Gasteiger partial charge in [-0.25, -0.2) is 0 Å². The van der Waals surface area contributed by atoms with Crippen molar-refractivity contribution >= 4 is 11.6 Å². The Morgan fingerprint density at radius 2 is 2.10 bits per heavy atom. The summed E-state index contributed by atoms with van der Waals surface area (Å²) in [6.45, 7) is 2.40. The van der Waals surface area contributed by atoms with Crippen molar-refractivity contribution in [3.63, 3.8) is 0 Å². The Kier molecular flexibility index (Phi) is 4.75. The van der Waals surface area contributed by atoms with E-state index in [0.717, 1.165) is 5.76 Å². The third-order valence-corrected chi connectivity index (χ3v) is 3.31. The molecule has 1 aromatic carbocycles. The Labute approximate surface area is 123 Å². The normalized spacial score (nSPS) is 11.9. The third kappa shape index (κ3) is 3.94. The highest BCUT2D eigenvalue weighted by molar-refractivity contribution is 5.94. The molecule has 1 amide bonds. The highest BCUT2D eigenvalue weighted by Gasteiger charge is 2.19. The van der Waals surface area contributed by atoms with Gasteiger partial charge in [0.2, 0.25) is 5.91 Å². The van der Waals surface area contributed by atoms with Gasteiger partial charge in [-0.05, 0) is 50.4 Å². The van der Waals surface area contributed by atoms with Crippen LogP contribution >= 0.6 is 0 Å². The number of likely N-dealkylation sites (N-methyl/N-ethyl adjacent to an activating group) is 1. The van der Waals surface area contributed by atoms with Crippen LogP contribution < -0.4 is 5.32 Å². The summed E-state index contributed by atoms with van der Waals surface area (Å²) < 4.78 is 5.27. The van der Waals surface area contributed by atoms with Gasteiger partial charge in [-0.1, -0.05) is 0 Å². The van der Waals surface area contributed by atoms with Gasteiger partial charge in [-0.15, -0.1) is 0 Å². The summed E-state index contributed by atoms with van der Waals surface area (Å²) in [5.74, 6) is 0.712. The fraction of sp³-hybridized carbons (Fsp3) is 0.250. The zero-order chi connectivity index (χ0) is 15.2. The quantitative estimate of drug-likeness (QED) is 0.915. The van der Waals surface area contributed by atoms with Gasteiger partial charge in [0.15, 0.2) is 0 Å². The van der Waals surface area contributed by atoms with Crippen LogP contribution in [0.3, 0.4) is 0 Å². The van der Waals surface area contributed by atoms with E-state index in [1.165, 1.54) is 0 Å². The fourth-order valence-corrected chi connectivity index (χ4v) is 1.86. The van der Waals surface area contributed by atoms with Crippen LogP contribution in [0.25, 0.3) is 0 Å². The predicted octanol–water partition coefficient (Wildman–Crippen LogP) is 2.61. The first-order chi connectivity index (χ1) is 10.1. The minimum absolute atomic E-state index is 0.103.